The van der Waals surface area contributed by atoms with Crippen molar-refractivity contribution in [2.24, 2.45) is 0 Å². The van der Waals surface area contributed by atoms with Gasteiger partial charge in [-0.2, -0.15) is 0 Å². The lowest BCUT2D eigenvalue weighted by atomic mass is 9.99. The van der Waals surface area contributed by atoms with E-state index in [0.717, 1.165) is 11.4 Å². The maximum absolute atomic E-state index is 12.9. The number of carbonyl (C=O) groups excluding carboxylic acids is 2. The van der Waals surface area contributed by atoms with Crippen LogP contribution < -0.4 is 0 Å². The van der Waals surface area contributed by atoms with E-state index in [2.05, 4.69) is 23.8 Å². The lowest BCUT2D eigenvalue weighted by Gasteiger charge is -2.33. The minimum Gasteiger partial charge on any atom is -0.467 e. The molecule has 0 fully saturated rings. The lowest BCUT2D eigenvalue weighted by molar-refractivity contribution is -0.146. The number of hydrogen-bond donors (Lipinski definition) is 1. The molecule has 1 N–H and O–H groups in total. The summed E-state index contributed by atoms with van der Waals surface area (Å²) in [6.45, 7) is 4.53. The minimum absolute atomic E-state index is 0.180. The van der Waals surface area contributed by atoms with Crippen LogP contribution in [-0.2, 0) is 22.5 Å². The normalized spacial score (nSPS) is 16.8. The van der Waals surface area contributed by atoms with E-state index in [1.165, 1.54) is 12.7 Å². The van der Waals surface area contributed by atoms with Crippen molar-refractivity contribution in [1.82, 2.24) is 14.9 Å². The van der Waals surface area contributed by atoms with Crippen molar-refractivity contribution >= 4 is 11.9 Å². The molecular formula is C18H21N3O3. The van der Waals surface area contributed by atoms with E-state index in [-0.39, 0.29) is 5.91 Å². The van der Waals surface area contributed by atoms with Gasteiger partial charge < -0.3 is 14.6 Å². The number of benzene rings is 1. The Bertz CT molecular complexity index is 749. The summed E-state index contributed by atoms with van der Waals surface area (Å²) in [6, 6.07) is 6.89. The highest BCUT2D eigenvalue weighted by molar-refractivity contribution is 5.97. The van der Waals surface area contributed by atoms with Crippen LogP contribution in [0.15, 0.2) is 30.6 Å². The first-order chi connectivity index (χ1) is 11.5. The largest absolute Gasteiger partial charge is 0.467 e. The van der Waals surface area contributed by atoms with Crippen LogP contribution in [0.3, 0.4) is 0 Å². The molecule has 126 valence electrons. The summed E-state index contributed by atoms with van der Waals surface area (Å²) < 4.78 is 4.88. The quantitative estimate of drug-likeness (QED) is 0.878. The molecule has 1 atom stereocenters. The van der Waals surface area contributed by atoms with Crippen LogP contribution >= 0.6 is 0 Å². The molecule has 6 heteroatoms. The van der Waals surface area contributed by atoms with Crippen molar-refractivity contribution < 1.29 is 14.3 Å². The van der Waals surface area contributed by atoms with Crippen LogP contribution in [0.2, 0.25) is 0 Å². The van der Waals surface area contributed by atoms with Gasteiger partial charge in [-0.15, -0.1) is 0 Å². The molecule has 1 aliphatic heterocycles. The number of imidazole rings is 1. The molecule has 0 saturated carbocycles. The Kier molecular flexibility index (Phi) is 4.38. The van der Waals surface area contributed by atoms with Crippen molar-refractivity contribution in [2.75, 3.05) is 7.11 Å². The molecule has 6 nitrogen and oxygen atoms in total. The second-order valence-electron chi connectivity index (χ2n) is 6.28. The molecule has 1 unspecified atom stereocenters. The number of aromatic nitrogens is 2. The average Bonchev–Trinajstić information content (AvgIpc) is 3.06. The third-order valence-electron chi connectivity index (χ3n) is 4.46. The van der Waals surface area contributed by atoms with E-state index in [0.29, 0.717) is 24.4 Å². The zero-order valence-corrected chi connectivity index (χ0v) is 14.1. The highest BCUT2D eigenvalue weighted by Gasteiger charge is 2.37. The Morgan fingerprint density at radius 2 is 2.00 bits per heavy atom. The molecule has 1 aromatic carbocycles. The van der Waals surface area contributed by atoms with Gasteiger partial charge in [-0.25, -0.2) is 9.78 Å². The van der Waals surface area contributed by atoms with Crippen molar-refractivity contribution in [3.05, 3.63) is 53.1 Å². The van der Waals surface area contributed by atoms with E-state index in [1.54, 1.807) is 11.2 Å². The average molecular weight is 327 g/mol. The van der Waals surface area contributed by atoms with Gasteiger partial charge in [0.2, 0.25) is 0 Å². The van der Waals surface area contributed by atoms with Crippen molar-refractivity contribution in [3.63, 3.8) is 0 Å². The maximum Gasteiger partial charge on any atom is 0.329 e. The second-order valence-corrected chi connectivity index (χ2v) is 6.28. The molecular weight excluding hydrogens is 306 g/mol. The van der Waals surface area contributed by atoms with Crippen molar-refractivity contribution in [3.8, 4) is 0 Å². The predicted octanol–water partition coefficient (Wildman–Crippen LogP) is 2.27. The molecule has 1 amide bonds. The topological polar surface area (TPSA) is 75.3 Å². The fourth-order valence-electron chi connectivity index (χ4n) is 2.97. The number of nitrogens with zero attached hydrogens (tertiary/aromatic N) is 2. The lowest BCUT2D eigenvalue weighted by Crippen LogP contribution is -2.49. The SMILES string of the molecule is COC(=O)C1Cc2nc[nH]c2CN1C(=O)c1ccc(C(C)C)cc1. The number of amides is 1. The van der Waals surface area contributed by atoms with E-state index in [4.69, 9.17) is 4.74 Å². The Hall–Kier alpha value is -2.63. The number of esters is 1. The van der Waals surface area contributed by atoms with Gasteiger partial charge in [-0.1, -0.05) is 26.0 Å². The summed E-state index contributed by atoms with van der Waals surface area (Å²) in [7, 11) is 1.34. The van der Waals surface area contributed by atoms with Gasteiger partial charge >= 0.3 is 5.97 Å². The van der Waals surface area contributed by atoms with Gasteiger partial charge in [-0.05, 0) is 23.6 Å². The fourth-order valence-corrected chi connectivity index (χ4v) is 2.97. The number of hydrogen-bond acceptors (Lipinski definition) is 4. The first kappa shape index (κ1) is 16.2. The van der Waals surface area contributed by atoms with Gasteiger partial charge in [0.1, 0.15) is 6.04 Å². The summed E-state index contributed by atoms with van der Waals surface area (Å²) in [5.74, 6) is -0.198. The highest BCUT2D eigenvalue weighted by Crippen LogP contribution is 2.24. The van der Waals surface area contributed by atoms with Crippen molar-refractivity contribution in [2.45, 2.75) is 38.8 Å². The van der Waals surface area contributed by atoms with Gasteiger partial charge in [-0.3, -0.25) is 4.79 Å². The molecule has 0 radical (unpaired) electrons. The number of ether oxygens (including phenoxy) is 1. The first-order valence-electron chi connectivity index (χ1n) is 8.01. The molecule has 1 aromatic heterocycles. The van der Waals surface area contributed by atoms with Crippen LogP contribution in [0, 0.1) is 0 Å². The number of carbonyl (C=O) groups is 2. The van der Waals surface area contributed by atoms with Gasteiger partial charge in [0, 0.05) is 12.0 Å². The van der Waals surface area contributed by atoms with E-state index in [9.17, 15) is 9.59 Å². The predicted molar refractivity (Wildman–Crippen MR) is 88.5 cm³/mol. The Morgan fingerprint density at radius 1 is 1.29 bits per heavy atom. The Balaban J connectivity index is 1.89. The van der Waals surface area contributed by atoms with Crippen molar-refractivity contribution in [1.29, 1.82) is 0 Å². The molecule has 0 bridgehead atoms. The third-order valence-corrected chi connectivity index (χ3v) is 4.46. The van der Waals surface area contributed by atoms with Gasteiger partial charge in [0.05, 0.1) is 31.4 Å². The number of methoxy groups -OCH3 is 1. The third kappa shape index (κ3) is 2.91. The molecule has 2 aromatic rings. The summed E-state index contributed by atoms with van der Waals surface area (Å²) in [5.41, 5.74) is 3.41. The molecule has 2 heterocycles. The number of H-pyrrole nitrogens is 1. The standard InChI is InChI=1S/C18H21N3O3/c1-11(2)12-4-6-13(7-5-12)17(22)21-9-15-14(19-10-20-15)8-16(21)18(23)24-3/h4-7,10-11,16H,8-9H2,1-3H3,(H,19,20). The van der Waals surface area contributed by atoms with Crippen LogP contribution in [0.25, 0.3) is 0 Å². The first-order valence-corrected chi connectivity index (χ1v) is 8.01. The Labute approximate surface area is 140 Å². The molecule has 1 aliphatic rings. The number of rotatable bonds is 3. The number of aromatic amines is 1. The zero-order valence-electron chi connectivity index (χ0n) is 14.1. The summed E-state index contributed by atoms with van der Waals surface area (Å²) in [4.78, 5) is 33.9. The zero-order chi connectivity index (χ0) is 17.3. The fraction of sp³-hybridized carbons (Fsp3) is 0.389. The summed E-state index contributed by atoms with van der Waals surface area (Å²) in [5, 5.41) is 0. The molecule has 0 saturated heterocycles. The van der Waals surface area contributed by atoms with Crippen LogP contribution in [0.4, 0.5) is 0 Å². The van der Waals surface area contributed by atoms with Gasteiger partial charge in [0.15, 0.2) is 0 Å². The Morgan fingerprint density at radius 3 is 2.62 bits per heavy atom. The van der Waals surface area contributed by atoms with E-state index >= 15 is 0 Å². The highest BCUT2D eigenvalue weighted by atomic mass is 16.5. The molecule has 0 aliphatic carbocycles. The molecule has 0 spiro atoms. The smallest absolute Gasteiger partial charge is 0.329 e. The number of fused-ring (bicyclic) bond motifs is 1. The minimum atomic E-state index is -0.650. The monoisotopic (exact) mass is 327 g/mol. The van der Waals surface area contributed by atoms with Crippen LogP contribution in [0.1, 0.15) is 47.1 Å². The number of nitrogens with one attached hydrogen (secondary N) is 1. The van der Waals surface area contributed by atoms with E-state index in [1.807, 2.05) is 24.3 Å². The molecule has 3 rings (SSSR count). The summed E-state index contributed by atoms with van der Waals surface area (Å²) >= 11 is 0. The van der Waals surface area contributed by atoms with E-state index < -0.39 is 12.0 Å². The van der Waals surface area contributed by atoms with Gasteiger partial charge in [0.25, 0.3) is 5.91 Å². The maximum atomic E-state index is 12.9. The van der Waals surface area contributed by atoms with Crippen LogP contribution in [0.5, 0.6) is 0 Å². The molecule has 24 heavy (non-hydrogen) atoms. The van der Waals surface area contributed by atoms with Crippen LogP contribution in [-0.4, -0.2) is 39.9 Å². The second kappa shape index (κ2) is 6.47. The summed E-state index contributed by atoms with van der Waals surface area (Å²) in [6.07, 6.45) is 1.95.